The lowest BCUT2D eigenvalue weighted by molar-refractivity contribution is -0.185. The summed E-state index contributed by atoms with van der Waals surface area (Å²) in [4.78, 5) is 28.6. The topological polar surface area (TPSA) is 65.1 Å². The molecule has 2 fully saturated rings. The lowest BCUT2D eigenvalue weighted by Crippen LogP contribution is -2.46. The van der Waals surface area contributed by atoms with Crippen molar-refractivity contribution in [2.24, 2.45) is 0 Å². The van der Waals surface area contributed by atoms with Crippen LogP contribution in [0, 0.1) is 13.8 Å². The van der Waals surface area contributed by atoms with Gasteiger partial charge in [-0.1, -0.05) is 0 Å². The van der Waals surface area contributed by atoms with Gasteiger partial charge >= 0.3 is 5.97 Å². The number of aryl methyl sites for hydroxylation is 1. The van der Waals surface area contributed by atoms with Crippen molar-refractivity contribution in [3.05, 3.63) is 20.9 Å². The summed E-state index contributed by atoms with van der Waals surface area (Å²) in [6.07, 6.45) is 1.87. The van der Waals surface area contributed by atoms with Crippen LogP contribution in [0.4, 0.5) is 0 Å². The molecular formula is C18H25NO5S. The van der Waals surface area contributed by atoms with Gasteiger partial charge in [-0.05, 0) is 19.4 Å². The Kier molecular flexibility index (Phi) is 5.58. The van der Waals surface area contributed by atoms with Crippen LogP contribution in [0.1, 0.15) is 38.5 Å². The number of Topliss-reactive ketones (excluding diaryl/α,β-unsaturated/α-hetero) is 1. The molecular weight excluding hydrogens is 342 g/mol. The normalized spacial score (nSPS) is 20.1. The van der Waals surface area contributed by atoms with Gasteiger partial charge in [0.15, 0.2) is 11.6 Å². The van der Waals surface area contributed by atoms with Crippen molar-refractivity contribution >= 4 is 23.1 Å². The first-order valence-electron chi connectivity index (χ1n) is 8.63. The molecule has 7 heteroatoms. The third-order valence-electron chi connectivity index (χ3n) is 5.04. The number of carbonyl (C=O) groups is 2. The van der Waals surface area contributed by atoms with Crippen LogP contribution in [0.5, 0.6) is 0 Å². The monoisotopic (exact) mass is 367 g/mol. The van der Waals surface area contributed by atoms with Crippen LogP contribution in [0.15, 0.2) is 0 Å². The van der Waals surface area contributed by atoms with E-state index < -0.39 is 5.79 Å². The van der Waals surface area contributed by atoms with Crippen LogP contribution < -0.4 is 0 Å². The number of likely N-dealkylation sites (tertiary alicyclic amines) is 1. The number of ketones is 1. The van der Waals surface area contributed by atoms with E-state index in [1.165, 1.54) is 18.4 Å². The number of methoxy groups -OCH3 is 1. The maximum Gasteiger partial charge on any atom is 0.339 e. The van der Waals surface area contributed by atoms with Crippen molar-refractivity contribution in [1.29, 1.82) is 0 Å². The van der Waals surface area contributed by atoms with Crippen LogP contribution in [-0.2, 0) is 25.4 Å². The number of piperidine rings is 1. The Labute approximate surface area is 152 Å². The molecule has 2 aliphatic heterocycles. The number of hydrogen-bond donors (Lipinski definition) is 0. The summed E-state index contributed by atoms with van der Waals surface area (Å²) in [5.74, 6) is -0.657. The van der Waals surface area contributed by atoms with E-state index in [1.807, 2.05) is 13.8 Å². The summed E-state index contributed by atoms with van der Waals surface area (Å²) < 4.78 is 16.3. The molecule has 138 valence electrons. The third kappa shape index (κ3) is 3.95. The van der Waals surface area contributed by atoms with E-state index in [-0.39, 0.29) is 18.2 Å². The van der Waals surface area contributed by atoms with Gasteiger partial charge in [0.25, 0.3) is 0 Å². The number of thiophene rings is 1. The molecule has 1 aromatic heterocycles. The van der Waals surface area contributed by atoms with Crippen molar-refractivity contribution in [1.82, 2.24) is 4.90 Å². The largest absolute Gasteiger partial charge is 0.465 e. The Hall–Kier alpha value is -1.28. The second-order valence-electron chi connectivity index (χ2n) is 6.67. The molecule has 0 N–H and O–H groups in total. The summed E-state index contributed by atoms with van der Waals surface area (Å²) in [5, 5.41) is 0. The van der Waals surface area contributed by atoms with Gasteiger partial charge in [0.1, 0.15) is 0 Å². The summed E-state index contributed by atoms with van der Waals surface area (Å²) >= 11 is 1.51. The number of carbonyl (C=O) groups excluding carboxylic acids is 2. The smallest absolute Gasteiger partial charge is 0.339 e. The highest BCUT2D eigenvalue weighted by Crippen LogP contribution is 2.32. The Bertz CT molecular complexity index is 653. The van der Waals surface area contributed by atoms with Crippen molar-refractivity contribution in [3.8, 4) is 0 Å². The molecule has 0 unspecified atom stereocenters. The molecule has 1 spiro atoms. The summed E-state index contributed by atoms with van der Waals surface area (Å²) in [7, 11) is 1.37. The minimum Gasteiger partial charge on any atom is -0.465 e. The van der Waals surface area contributed by atoms with E-state index in [0.29, 0.717) is 25.3 Å². The van der Waals surface area contributed by atoms with Gasteiger partial charge in [0.2, 0.25) is 0 Å². The molecule has 6 nitrogen and oxygen atoms in total. The predicted molar refractivity (Wildman–Crippen MR) is 94.2 cm³/mol. The van der Waals surface area contributed by atoms with E-state index in [4.69, 9.17) is 14.2 Å². The van der Waals surface area contributed by atoms with Crippen LogP contribution >= 0.6 is 11.3 Å². The van der Waals surface area contributed by atoms with Crippen molar-refractivity contribution in [2.75, 3.05) is 40.0 Å². The number of hydrogen-bond acceptors (Lipinski definition) is 7. The molecule has 0 atom stereocenters. The van der Waals surface area contributed by atoms with Gasteiger partial charge in [-0.2, -0.15) is 0 Å². The van der Waals surface area contributed by atoms with Crippen LogP contribution in [0.2, 0.25) is 0 Å². The fourth-order valence-electron chi connectivity index (χ4n) is 3.51. The minimum atomic E-state index is -0.417. The molecule has 0 bridgehead atoms. The predicted octanol–water partition coefficient (Wildman–Crippen LogP) is 2.10. The van der Waals surface area contributed by atoms with Crippen molar-refractivity contribution in [3.63, 3.8) is 0 Å². The third-order valence-corrected chi connectivity index (χ3v) is 6.24. The quantitative estimate of drug-likeness (QED) is 0.743. The zero-order chi connectivity index (χ0) is 18.0. The Morgan fingerprint density at radius 2 is 1.84 bits per heavy atom. The maximum absolute atomic E-state index is 12.5. The maximum atomic E-state index is 12.5. The summed E-state index contributed by atoms with van der Waals surface area (Å²) in [6.45, 7) is 7.16. The fraction of sp³-hybridized carbons (Fsp3) is 0.667. The van der Waals surface area contributed by atoms with Gasteiger partial charge in [0, 0.05) is 42.1 Å². The van der Waals surface area contributed by atoms with E-state index in [2.05, 4.69) is 4.90 Å². The molecule has 0 radical (unpaired) electrons. The zero-order valence-electron chi connectivity index (χ0n) is 15.1. The summed E-state index contributed by atoms with van der Waals surface area (Å²) in [5.41, 5.74) is 1.47. The van der Waals surface area contributed by atoms with Crippen LogP contribution in [0.25, 0.3) is 0 Å². The first-order chi connectivity index (χ1) is 11.9. The zero-order valence-corrected chi connectivity index (χ0v) is 15.9. The van der Waals surface area contributed by atoms with Crippen LogP contribution in [-0.4, -0.2) is 62.4 Å². The number of ether oxygens (including phenoxy) is 3. The van der Waals surface area contributed by atoms with Gasteiger partial charge in [-0.3, -0.25) is 9.69 Å². The first kappa shape index (κ1) is 18.5. The SMILES string of the molecule is COC(=O)c1c(CC(=O)CN2CCC3(CC2)OCCO3)sc(C)c1C. The van der Waals surface area contributed by atoms with Gasteiger partial charge in [-0.25, -0.2) is 4.79 Å². The second-order valence-corrected chi connectivity index (χ2v) is 7.98. The Morgan fingerprint density at radius 1 is 1.20 bits per heavy atom. The molecule has 1 aromatic rings. The van der Waals surface area contributed by atoms with E-state index in [1.54, 1.807) is 0 Å². The molecule has 25 heavy (non-hydrogen) atoms. The second kappa shape index (κ2) is 7.53. The molecule has 0 aliphatic carbocycles. The molecule has 0 aromatic carbocycles. The van der Waals surface area contributed by atoms with Crippen LogP contribution in [0.3, 0.4) is 0 Å². The molecule has 3 rings (SSSR count). The average Bonchev–Trinajstić information content (AvgIpc) is 3.15. The number of esters is 1. The highest BCUT2D eigenvalue weighted by molar-refractivity contribution is 7.12. The summed E-state index contributed by atoms with van der Waals surface area (Å²) in [6, 6.07) is 0. The molecule has 2 saturated heterocycles. The lowest BCUT2D eigenvalue weighted by Gasteiger charge is -2.37. The average molecular weight is 367 g/mol. The first-order valence-corrected chi connectivity index (χ1v) is 9.45. The molecule has 2 aliphatic rings. The molecule has 3 heterocycles. The van der Waals surface area contributed by atoms with E-state index in [9.17, 15) is 9.59 Å². The van der Waals surface area contributed by atoms with Crippen molar-refractivity contribution < 1.29 is 23.8 Å². The number of rotatable bonds is 5. The Morgan fingerprint density at radius 3 is 2.44 bits per heavy atom. The lowest BCUT2D eigenvalue weighted by atomic mass is 10.0. The van der Waals surface area contributed by atoms with E-state index in [0.717, 1.165) is 41.2 Å². The minimum absolute atomic E-state index is 0.121. The fourth-order valence-corrected chi connectivity index (χ4v) is 4.71. The highest BCUT2D eigenvalue weighted by Gasteiger charge is 2.40. The Balaban J connectivity index is 1.58. The van der Waals surface area contributed by atoms with Crippen molar-refractivity contribution in [2.45, 2.75) is 38.9 Å². The van der Waals surface area contributed by atoms with Gasteiger partial charge in [0.05, 0.1) is 32.4 Å². The van der Waals surface area contributed by atoms with Gasteiger partial charge < -0.3 is 14.2 Å². The van der Waals surface area contributed by atoms with E-state index >= 15 is 0 Å². The highest BCUT2D eigenvalue weighted by atomic mass is 32.1. The van der Waals surface area contributed by atoms with Gasteiger partial charge in [-0.15, -0.1) is 11.3 Å². The molecule has 0 amide bonds. The molecule has 0 saturated carbocycles. The standard InChI is InChI=1S/C18H25NO5S/c1-12-13(2)25-15(16(12)17(21)22-3)10-14(20)11-19-6-4-18(5-7-19)23-8-9-24-18/h4-11H2,1-3H3. The number of nitrogens with zero attached hydrogens (tertiary/aromatic N) is 1.